The van der Waals surface area contributed by atoms with E-state index in [0.717, 1.165) is 19.3 Å². The molecule has 1 aromatic carbocycles. The van der Waals surface area contributed by atoms with Crippen LogP contribution in [0.4, 0.5) is 5.69 Å². The normalized spacial score (nSPS) is 10.7. The van der Waals surface area contributed by atoms with E-state index in [-0.39, 0.29) is 5.91 Å². The summed E-state index contributed by atoms with van der Waals surface area (Å²) in [5, 5.41) is 2.93. The molecule has 0 saturated heterocycles. The third kappa shape index (κ3) is 6.83. The molecule has 0 spiro atoms. The van der Waals surface area contributed by atoms with E-state index < -0.39 is 0 Å². The molecule has 22 heavy (non-hydrogen) atoms. The van der Waals surface area contributed by atoms with E-state index in [1.165, 1.54) is 12.8 Å². The van der Waals surface area contributed by atoms with Crippen molar-refractivity contribution in [1.82, 2.24) is 5.32 Å². The summed E-state index contributed by atoms with van der Waals surface area (Å²) in [4.78, 5) is 12.0. The van der Waals surface area contributed by atoms with E-state index in [2.05, 4.69) is 26.1 Å². The molecule has 0 radical (unpaired) electrons. The van der Waals surface area contributed by atoms with Crippen LogP contribution in [0.2, 0.25) is 0 Å². The van der Waals surface area contributed by atoms with Gasteiger partial charge in [0.25, 0.3) is 5.91 Å². The first-order valence-electron chi connectivity index (χ1n) is 8.35. The van der Waals surface area contributed by atoms with Crippen molar-refractivity contribution in [1.29, 1.82) is 0 Å². The lowest BCUT2D eigenvalue weighted by Gasteiger charge is -2.11. The van der Waals surface area contributed by atoms with Gasteiger partial charge in [0.05, 0.1) is 12.3 Å². The summed E-state index contributed by atoms with van der Waals surface area (Å²) >= 11 is 0. The van der Waals surface area contributed by atoms with Crippen LogP contribution in [-0.2, 0) is 0 Å². The third-order valence-corrected chi connectivity index (χ3v) is 3.54. The molecule has 0 heterocycles. The van der Waals surface area contributed by atoms with E-state index >= 15 is 0 Å². The quantitative estimate of drug-likeness (QED) is 0.507. The van der Waals surface area contributed by atoms with E-state index in [1.807, 2.05) is 0 Å². The van der Waals surface area contributed by atoms with Crippen molar-refractivity contribution in [3.05, 3.63) is 23.8 Å². The van der Waals surface area contributed by atoms with Gasteiger partial charge < -0.3 is 15.8 Å². The Balaban J connectivity index is 2.44. The molecule has 4 nitrogen and oxygen atoms in total. The van der Waals surface area contributed by atoms with E-state index in [9.17, 15) is 4.79 Å². The summed E-state index contributed by atoms with van der Waals surface area (Å²) in [5.74, 6) is 1.18. The highest BCUT2D eigenvalue weighted by molar-refractivity contribution is 5.95. The maximum atomic E-state index is 12.0. The molecule has 0 saturated carbocycles. The van der Waals surface area contributed by atoms with Crippen LogP contribution in [0.1, 0.15) is 63.2 Å². The second kappa shape index (κ2) is 10.1. The number of carbonyl (C=O) groups excluding carboxylic acids is 1. The van der Waals surface area contributed by atoms with Gasteiger partial charge in [0.2, 0.25) is 0 Å². The molecule has 0 aliphatic rings. The predicted molar refractivity (Wildman–Crippen MR) is 92.3 cm³/mol. The molecule has 3 N–H and O–H groups in total. The Labute approximate surface area is 134 Å². The molecule has 1 amide bonds. The molecule has 124 valence electrons. The summed E-state index contributed by atoms with van der Waals surface area (Å²) in [6, 6.07) is 5.23. The number of unbranched alkanes of at least 4 members (excludes halogenated alkanes) is 3. The van der Waals surface area contributed by atoms with Crippen molar-refractivity contribution >= 4 is 11.6 Å². The summed E-state index contributed by atoms with van der Waals surface area (Å²) in [6.45, 7) is 7.84. The second-order valence-electron chi connectivity index (χ2n) is 6.10. The summed E-state index contributed by atoms with van der Waals surface area (Å²) < 4.78 is 5.65. The highest BCUT2D eigenvalue weighted by atomic mass is 16.5. The van der Waals surface area contributed by atoms with Gasteiger partial charge in [-0.3, -0.25) is 4.79 Å². The number of rotatable bonds is 10. The van der Waals surface area contributed by atoms with Crippen molar-refractivity contribution < 1.29 is 9.53 Å². The molecule has 1 rings (SSSR count). The van der Waals surface area contributed by atoms with Crippen molar-refractivity contribution in [2.24, 2.45) is 5.92 Å². The third-order valence-electron chi connectivity index (χ3n) is 3.54. The second-order valence-corrected chi connectivity index (χ2v) is 6.10. The number of nitrogen functional groups attached to an aromatic ring is 1. The number of hydrogen-bond donors (Lipinski definition) is 2. The molecule has 0 atom stereocenters. The maximum Gasteiger partial charge on any atom is 0.251 e. The zero-order chi connectivity index (χ0) is 16.4. The van der Waals surface area contributed by atoms with Gasteiger partial charge in [-0.15, -0.1) is 0 Å². The van der Waals surface area contributed by atoms with Gasteiger partial charge in [0.15, 0.2) is 0 Å². The number of amides is 1. The van der Waals surface area contributed by atoms with Gasteiger partial charge in [-0.25, -0.2) is 0 Å². The smallest absolute Gasteiger partial charge is 0.251 e. The minimum absolute atomic E-state index is 0.0723. The molecule has 0 fully saturated rings. The predicted octanol–water partition coefficient (Wildman–Crippen LogP) is 4.00. The molecule has 0 aliphatic carbocycles. The minimum Gasteiger partial charge on any atom is -0.491 e. The Bertz CT molecular complexity index is 458. The molecule has 1 aromatic rings. The highest BCUT2D eigenvalue weighted by Crippen LogP contribution is 2.23. The van der Waals surface area contributed by atoms with E-state index in [4.69, 9.17) is 10.5 Å². The van der Waals surface area contributed by atoms with Crippen LogP contribution in [0.5, 0.6) is 5.75 Å². The van der Waals surface area contributed by atoms with Crippen molar-refractivity contribution in [2.45, 2.75) is 52.9 Å². The summed E-state index contributed by atoms with van der Waals surface area (Å²) in [6.07, 6.45) is 5.57. The molecule has 4 heteroatoms. The molecular formula is C18H30N2O2. The Hall–Kier alpha value is -1.71. The number of hydrogen-bond acceptors (Lipinski definition) is 3. The Morgan fingerprint density at radius 3 is 2.68 bits per heavy atom. The van der Waals surface area contributed by atoms with Crippen molar-refractivity contribution in [3.63, 3.8) is 0 Å². The van der Waals surface area contributed by atoms with Crippen LogP contribution in [0, 0.1) is 5.92 Å². The average Bonchev–Trinajstić information content (AvgIpc) is 2.48. The lowest BCUT2D eigenvalue weighted by molar-refractivity contribution is 0.0953. The number of ether oxygens (including phenoxy) is 1. The van der Waals surface area contributed by atoms with Crippen LogP contribution in [0.15, 0.2) is 18.2 Å². The van der Waals surface area contributed by atoms with Crippen LogP contribution in [0.3, 0.4) is 0 Å². The van der Waals surface area contributed by atoms with Crippen molar-refractivity contribution in [2.75, 3.05) is 18.9 Å². The lowest BCUT2D eigenvalue weighted by atomic mass is 10.1. The number of carbonyl (C=O) groups is 1. The fourth-order valence-electron chi connectivity index (χ4n) is 2.08. The van der Waals surface area contributed by atoms with Gasteiger partial charge in [-0.05, 0) is 37.0 Å². The summed E-state index contributed by atoms with van der Waals surface area (Å²) in [7, 11) is 0. The van der Waals surface area contributed by atoms with Crippen molar-refractivity contribution in [3.8, 4) is 5.75 Å². The Morgan fingerprint density at radius 1 is 1.27 bits per heavy atom. The number of anilines is 1. The first-order chi connectivity index (χ1) is 10.5. The zero-order valence-electron chi connectivity index (χ0n) is 14.2. The van der Waals surface area contributed by atoms with E-state index in [1.54, 1.807) is 18.2 Å². The van der Waals surface area contributed by atoms with Crippen LogP contribution in [-0.4, -0.2) is 19.1 Å². The molecule has 0 bridgehead atoms. The Morgan fingerprint density at radius 2 is 2.05 bits per heavy atom. The largest absolute Gasteiger partial charge is 0.491 e. The topological polar surface area (TPSA) is 64.3 Å². The first-order valence-corrected chi connectivity index (χ1v) is 8.35. The van der Waals surface area contributed by atoms with Gasteiger partial charge in [0.1, 0.15) is 5.75 Å². The number of nitrogens with one attached hydrogen (secondary N) is 1. The lowest BCUT2D eigenvalue weighted by Crippen LogP contribution is -2.24. The first kappa shape index (κ1) is 18.3. The molecule has 0 unspecified atom stereocenters. The van der Waals surface area contributed by atoms with Gasteiger partial charge in [-0.1, -0.05) is 40.0 Å². The van der Waals surface area contributed by atoms with Gasteiger partial charge in [0, 0.05) is 12.1 Å². The van der Waals surface area contributed by atoms with Crippen LogP contribution in [0.25, 0.3) is 0 Å². The molecule has 0 aliphatic heterocycles. The van der Waals surface area contributed by atoms with Crippen LogP contribution >= 0.6 is 0 Å². The van der Waals surface area contributed by atoms with Gasteiger partial charge >= 0.3 is 0 Å². The summed E-state index contributed by atoms with van der Waals surface area (Å²) in [5.41, 5.74) is 7.07. The minimum atomic E-state index is -0.0723. The van der Waals surface area contributed by atoms with E-state index in [0.29, 0.717) is 36.1 Å². The number of benzene rings is 1. The number of nitrogens with two attached hydrogens (primary N) is 1. The zero-order valence-corrected chi connectivity index (χ0v) is 14.2. The Kier molecular flexibility index (Phi) is 8.41. The molecule has 0 aromatic heterocycles. The van der Waals surface area contributed by atoms with Gasteiger partial charge in [-0.2, -0.15) is 0 Å². The SMILES string of the molecule is CCCCCCNC(=O)c1ccc(OCCC(C)C)c(N)c1. The maximum absolute atomic E-state index is 12.0. The fraction of sp³-hybridized carbons (Fsp3) is 0.611. The standard InChI is InChI=1S/C18H30N2O2/c1-4-5-6-7-11-20-18(21)15-8-9-17(16(19)13-15)22-12-10-14(2)3/h8-9,13-14H,4-7,10-12,19H2,1-3H3,(H,20,21). The fourth-order valence-corrected chi connectivity index (χ4v) is 2.08. The average molecular weight is 306 g/mol. The molecular weight excluding hydrogens is 276 g/mol. The highest BCUT2D eigenvalue weighted by Gasteiger charge is 2.08. The monoisotopic (exact) mass is 306 g/mol. The van der Waals surface area contributed by atoms with Crippen LogP contribution < -0.4 is 15.8 Å².